The molecule has 0 atom stereocenters. The van der Waals surface area contributed by atoms with Gasteiger partial charge in [0.25, 0.3) is 6.01 Å². The molecule has 0 saturated heterocycles. The topological polar surface area (TPSA) is 84.2 Å². The summed E-state index contributed by atoms with van der Waals surface area (Å²) in [5, 5.41) is 5.88. The van der Waals surface area contributed by atoms with Crippen LogP contribution in [0.5, 0.6) is 0 Å². The number of amides is 1. The van der Waals surface area contributed by atoms with Crippen molar-refractivity contribution >= 4 is 28.5 Å². The molecule has 0 aliphatic rings. The first kappa shape index (κ1) is 13.1. The van der Waals surface area contributed by atoms with Gasteiger partial charge in [0, 0.05) is 18.7 Å². The number of carbonyl (C=O) groups is 1. The number of aromatic nitrogens is 1. The maximum absolute atomic E-state index is 11.9. The van der Waals surface area contributed by atoms with Gasteiger partial charge in [0.1, 0.15) is 0 Å². The van der Waals surface area contributed by atoms with Crippen molar-refractivity contribution in [3.63, 3.8) is 0 Å². The largest absolute Gasteiger partial charge is 0.389 e. The third-order valence-corrected chi connectivity index (χ3v) is 2.36. The molecule has 100 valence electrons. The Morgan fingerprint density at radius 1 is 1.37 bits per heavy atom. The summed E-state index contributed by atoms with van der Waals surface area (Å²) in [5.41, 5.74) is 0.576. The molecule has 0 fully saturated rings. The molecule has 1 aromatic heterocycles. The minimum absolute atomic E-state index is 0.117. The second kappa shape index (κ2) is 5.09. The normalized spacial score (nSPS) is 10.7. The maximum Gasteiger partial charge on any atom is 0.348 e. The molecule has 6 heteroatoms. The van der Waals surface area contributed by atoms with Crippen molar-refractivity contribution in [1.82, 2.24) is 4.98 Å². The van der Waals surface area contributed by atoms with E-state index in [1.165, 1.54) is 6.92 Å². The van der Waals surface area contributed by atoms with E-state index in [4.69, 9.17) is 4.42 Å². The first-order valence-corrected chi connectivity index (χ1v) is 5.95. The van der Waals surface area contributed by atoms with Gasteiger partial charge in [-0.3, -0.25) is 4.79 Å². The Morgan fingerprint density at radius 3 is 2.74 bits per heavy atom. The molecular formula is C13H15N3O3. The Bertz CT molecular complexity index is 676. The number of carbonyl (C=O) groups excluding carboxylic acids is 1. The van der Waals surface area contributed by atoms with Crippen LogP contribution in [0.15, 0.2) is 27.4 Å². The number of hydrogen-bond donors (Lipinski definition) is 2. The van der Waals surface area contributed by atoms with Gasteiger partial charge in [-0.05, 0) is 32.0 Å². The Labute approximate surface area is 109 Å². The molecule has 0 spiro atoms. The zero-order valence-electron chi connectivity index (χ0n) is 11.0. The lowest BCUT2D eigenvalue weighted by Crippen LogP contribution is -2.14. The van der Waals surface area contributed by atoms with Crippen LogP contribution >= 0.6 is 0 Å². The zero-order chi connectivity index (χ0) is 14.0. The average molecular weight is 261 g/mol. The van der Waals surface area contributed by atoms with Crippen LogP contribution < -0.4 is 16.3 Å². The summed E-state index contributed by atoms with van der Waals surface area (Å²) in [4.78, 5) is 27.0. The van der Waals surface area contributed by atoms with E-state index >= 15 is 0 Å². The zero-order valence-corrected chi connectivity index (χ0v) is 11.0. The number of anilines is 2. The van der Waals surface area contributed by atoms with Crippen LogP contribution in [0.2, 0.25) is 0 Å². The van der Waals surface area contributed by atoms with E-state index in [9.17, 15) is 9.59 Å². The molecule has 0 saturated carbocycles. The van der Waals surface area contributed by atoms with E-state index < -0.39 is 5.63 Å². The van der Waals surface area contributed by atoms with Crippen LogP contribution in [0.25, 0.3) is 10.9 Å². The number of rotatable bonds is 3. The Kier molecular flexibility index (Phi) is 3.50. The van der Waals surface area contributed by atoms with Crippen LogP contribution in [0, 0.1) is 0 Å². The van der Waals surface area contributed by atoms with Gasteiger partial charge in [-0.1, -0.05) is 0 Å². The highest BCUT2D eigenvalue weighted by Crippen LogP contribution is 2.16. The lowest BCUT2D eigenvalue weighted by Gasteiger charge is -2.08. The third kappa shape index (κ3) is 3.09. The van der Waals surface area contributed by atoms with Crippen molar-refractivity contribution in [1.29, 1.82) is 0 Å². The molecular weight excluding hydrogens is 246 g/mol. The first-order valence-electron chi connectivity index (χ1n) is 5.95. The highest BCUT2D eigenvalue weighted by atomic mass is 16.4. The summed E-state index contributed by atoms with van der Waals surface area (Å²) in [7, 11) is 0. The SMILES string of the molecule is CC(=O)Nc1ccc2nc(NC(C)C)oc(=O)c2c1. The predicted molar refractivity (Wildman–Crippen MR) is 73.3 cm³/mol. The van der Waals surface area contributed by atoms with E-state index in [1.807, 2.05) is 13.8 Å². The fraction of sp³-hybridized carbons (Fsp3) is 0.308. The molecule has 0 bridgehead atoms. The molecule has 2 rings (SSSR count). The molecule has 1 amide bonds. The summed E-state index contributed by atoms with van der Waals surface area (Å²) in [6.45, 7) is 5.25. The molecule has 1 heterocycles. The van der Waals surface area contributed by atoms with E-state index in [0.29, 0.717) is 16.6 Å². The molecule has 0 aliphatic carbocycles. The lowest BCUT2D eigenvalue weighted by molar-refractivity contribution is -0.114. The Hall–Kier alpha value is -2.37. The Morgan fingerprint density at radius 2 is 2.11 bits per heavy atom. The van der Waals surface area contributed by atoms with E-state index in [0.717, 1.165) is 0 Å². The number of nitrogens with one attached hydrogen (secondary N) is 2. The van der Waals surface area contributed by atoms with Crippen molar-refractivity contribution < 1.29 is 9.21 Å². The van der Waals surface area contributed by atoms with Crippen LogP contribution in [0.3, 0.4) is 0 Å². The quantitative estimate of drug-likeness (QED) is 0.882. The fourth-order valence-electron chi connectivity index (χ4n) is 1.66. The van der Waals surface area contributed by atoms with Gasteiger partial charge in [0.05, 0.1) is 10.9 Å². The number of hydrogen-bond acceptors (Lipinski definition) is 5. The van der Waals surface area contributed by atoms with Crippen LogP contribution in [0.1, 0.15) is 20.8 Å². The molecule has 2 aromatic rings. The third-order valence-electron chi connectivity index (χ3n) is 2.36. The van der Waals surface area contributed by atoms with E-state index in [1.54, 1.807) is 18.2 Å². The van der Waals surface area contributed by atoms with Gasteiger partial charge in [-0.15, -0.1) is 0 Å². The first-order chi connectivity index (χ1) is 8.95. The van der Waals surface area contributed by atoms with Crippen LogP contribution in [-0.4, -0.2) is 16.9 Å². The molecule has 6 nitrogen and oxygen atoms in total. The fourth-order valence-corrected chi connectivity index (χ4v) is 1.66. The van der Waals surface area contributed by atoms with Crippen LogP contribution in [-0.2, 0) is 4.79 Å². The van der Waals surface area contributed by atoms with Gasteiger partial charge >= 0.3 is 5.63 Å². The predicted octanol–water partition coefficient (Wildman–Crippen LogP) is 1.97. The molecule has 0 radical (unpaired) electrons. The molecule has 2 N–H and O–H groups in total. The monoisotopic (exact) mass is 261 g/mol. The molecule has 0 unspecified atom stereocenters. The second-order valence-electron chi connectivity index (χ2n) is 4.52. The van der Waals surface area contributed by atoms with Gasteiger partial charge in [-0.25, -0.2) is 4.79 Å². The number of fused-ring (bicyclic) bond motifs is 1. The average Bonchev–Trinajstić information content (AvgIpc) is 2.28. The molecule has 0 aliphatic heterocycles. The van der Waals surface area contributed by atoms with Crippen molar-refractivity contribution in [2.24, 2.45) is 0 Å². The van der Waals surface area contributed by atoms with Crippen molar-refractivity contribution in [3.8, 4) is 0 Å². The highest BCUT2D eigenvalue weighted by Gasteiger charge is 2.08. The number of nitrogens with zero attached hydrogens (tertiary/aromatic N) is 1. The summed E-state index contributed by atoms with van der Waals surface area (Å²) >= 11 is 0. The van der Waals surface area contributed by atoms with E-state index in [-0.39, 0.29) is 18.0 Å². The summed E-state index contributed by atoms with van der Waals surface area (Å²) in [6, 6.07) is 5.22. The minimum atomic E-state index is -0.486. The second-order valence-corrected chi connectivity index (χ2v) is 4.52. The molecule has 1 aromatic carbocycles. The van der Waals surface area contributed by atoms with Gasteiger partial charge < -0.3 is 15.1 Å². The summed E-state index contributed by atoms with van der Waals surface area (Å²) in [6.07, 6.45) is 0. The highest BCUT2D eigenvalue weighted by molar-refractivity contribution is 5.92. The van der Waals surface area contributed by atoms with Crippen molar-refractivity contribution in [2.45, 2.75) is 26.8 Å². The summed E-state index contributed by atoms with van der Waals surface area (Å²) < 4.78 is 5.07. The molecule has 19 heavy (non-hydrogen) atoms. The van der Waals surface area contributed by atoms with Crippen molar-refractivity contribution in [3.05, 3.63) is 28.6 Å². The van der Waals surface area contributed by atoms with E-state index in [2.05, 4.69) is 15.6 Å². The van der Waals surface area contributed by atoms with Gasteiger partial charge in [0.15, 0.2) is 0 Å². The van der Waals surface area contributed by atoms with Gasteiger partial charge in [0.2, 0.25) is 5.91 Å². The number of benzene rings is 1. The van der Waals surface area contributed by atoms with Crippen LogP contribution in [0.4, 0.5) is 11.7 Å². The summed E-state index contributed by atoms with van der Waals surface area (Å²) in [5.74, 6) is -0.199. The van der Waals surface area contributed by atoms with Crippen molar-refractivity contribution in [2.75, 3.05) is 10.6 Å². The maximum atomic E-state index is 11.9. The lowest BCUT2D eigenvalue weighted by atomic mass is 10.2. The van der Waals surface area contributed by atoms with Gasteiger partial charge in [-0.2, -0.15) is 4.98 Å². The standard InChI is InChI=1S/C13H15N3O3/c1-7(2)14-13-16-11-5-4-9(15-8(3)17)6-10(11)12(18)19-13/h4-7H,1-3H3,(H,14,16)(H,15,17). The Balaban J connectivity index is 2.47. The minimum Gasteiger partial charge on any atom is -0.389 e. The smallest absolute Gasteiger partial charge is 0.348 e.